The van der Waals surface area contributed by atoms with Crippen molar-refractivity contribution in [3.63, 3.8) is 0 Å². The third-order valence-corrected chi connectivity index (χ3v) is 7.96. The van der Waals surface area contributed by atoms with Gasteiger partial charge >= 0.3 is 5.97 Å². The first-order valence-corrected chi connectivity index (χ1v) is 10.3. The number of rotatable bonds is 6. The number of aliphatic carboxylic acids is 1. The Balaban J connectivity index is 2.30. The van der Waals surface area contributed by atoms with Crippen LogP contribution in [0.2, 0.25) is 0 Å². The zero-order chi connectivity index (χ0) is 18.1. The number of likely N-dealkylation sites (N-methyl/N-ethyl adjacent to an activating group) is 1. The van der Waals surface area contributed by atoms with E-state index in [4.69, 9.17) is 5.11 Å². The molecular formula is C14H20N2O6S2. The number of carboxylic acid groups (broad SMARTS) is 1. The van der Waals surface area contributed by atoms with Gasteiger partial charge in [-0.2, -0.15) is 8.61 Å². The molecule has 0 aliphatic carbocycles. The Morgan fingerprint density at radius 2 is 1.54 bits per heavy atom. The fraction of sp³-hybridized carbons (Fsp3) is 0.500. The number of sulfonamides is 2. The Morgan fingerprint density at radius 3 is 2.00 bits per heavy atom. The molecule has 2 rings (SSSR count). The molecule has 1 atom stereocenters. The smallest absolute Gasteiger partial charge is 0.321 e. The number of hydrogen-bond donors (Lipinski definition) is 1. The van der Waals surface area contributed by atoms with Crippen LogP contribution in [-0.2, 0) is 24.8 Å². The van der Waals surface area contributed by atoms with Crippen LogP contribution in [0.1, 0.15) is 19.8 Å². The van der Waals surface area contributed by atoms with E-state index < -0.39 is 32.1 Å². The van der Waals surface area contributed by atoms with E-state index in [2.05, 4.69) is 0 Å². The minimum atomic E-state index is -4.02. The van der Waals surface area contributed by atoms with Gasteiger partial charge in [-0.05, 0) is 44.0 Å². The van der Waals surface area contributed by atoms with Crippen LogP contribution < -0.4 is 0 Å². The van der Waals surface area contributed by atoms with Gasteiger partial charge in [-0.15, -0.1) is 0 Å². The van der Waals surface area contributed by atoms with Gasteiger partial charge in [0.15, 0.2) is 0 Å². The number of hydrogen-bond acceptors (Lipinski definition) is 5. The van der Waals surface area contributed by atoms with Crippen molar-refractivity contribution in [2.75, 3.05) is 20.1 Å². The lowest BCUT2D eigenvalue weighted by atomic mass is 10.4. The van der Waals surface area contributed by atoms with Gasteiger partial charge in [0.2, 0.25) is 20.0 Å². The van der Waals surface area contributed by atoms with Crippen molar-refractivity contribution in [1.82, 2.24) is 8.61 Å². The summed E-state index contributed by atoms with van der Waals surface area (Å²) in [6.07, 6.45) is 1.62. The first kappa shape index (κ1) is 18.8. The van der Waals surface area contributed by atoms with Crippen LogP contribution in [0.3, 0.4) is 0 Å². The van der Waals surface area contributed by atoms with Crippen LogP contribution in [0.25, 0.3) is 0 Å². The summed E-state index contributed by atoms with van der Waals surface area (Å²) in [6.45, 7) is 2.18. The maximum absolute atomic E-state index is 12.4. The molecule has 1 saturated heterocycles. The Labute approximate surface area is 141 Å². The molecule has 10 heteroatoms. The fourth-order valence-electron chi connectivity index (χ4n) is 2.39. The summed E-state index contributed by atoms with van der Waals surface area (Å²) in [5.74, 6) is -1.27. The van der Waals surface area contributed by atoms with Crippen LogP contribution in [-0.4, -0.2) is 62.7 Å². The van der Waals surface area contributed by atoms with E-state index in [1.807, 2.05) is 0 Å². The predicted molar refractivity (Wildman–Crippen MR) is 86.5 cm³/mol. The van der Waals surface area contributed by atoms with Crippen molar-refractivity contribution in [2.24, 2.45) is 0 Å². The van der Waals surface area contributed by atoms with Crippen molar-refractivity contribution in [2.45, 2.75) is 35.6 Å². The van der Waals surface area contributed by atoms with Crippen molar-refractivity contribution in [3.05, 3.63) is 24.3 Å². The predicted octanol–water partition coefficient (Wildman–Crippen LogP) is 0.565. The molecule has 0 bridgehead atoms. The molecular weight excluding hydrogens is 356 g/mol. The van der Waals surface area contributed by atoms with Gasteiger partial charge in [0.25, 0.3) is 0 Å². The fourth-order valence-corrected chi connectivity index (χ4v) is 5.23. The zero-order valence-corrected chi connectivity index (χ0v) is 15.0. The molecule has 1 aliphatic heterocycles. The molecule has 1 aliphatic rings. The zero-order valence-electron chi connectivity index (χ0n) is 13.4. The van der Waals surface area contributed by atoms with Crippen molar-refractivity contribution in [1.29, 1.82) is 0 Å². The summed E-state index contributed by atoms with van der Waals surface area (Å²) >= 11 is 0. The molecule has 1 fully saturated rings. The molecule has 0 radical (unpaired) electrons. The SMILES string of the molecule is CC(C(=O)O)N(C)S(=O)(=O)c1ccc(S(=O)(=O)N2CCCC2)cc1. The Bertz CT molecular complexity index is 811. The third kappa shape index (κ3) is 3.46. The Hall–Kier alpha value is -1.49. The highest BCUT2D eigenvalue weighted by Gasteiger charge is 2.31. The van der Waals surface area contributed by atoms with Crippen molar-refractivity contribution < 1.29 is 26.7 Å². The van der Waals surface area contributed by atoms with Crippen molar-refractivity contribution in [3.8, 4) is 0 Å². The monoisotopic (exact) mass is 376 g/mol. The molecule has 0 aromatic heterocycles. The minimum Gasteiger partial charge on any atom is -0.480 e. The molecule has 134 valence electrons. The first-order chi connectivity index (χ1) is 11.1. The van der Waals surface area contributed by atoms with Gasteiger partial charge in [0, 0.05) is 20.1 Å². The van der Waals surface area contributed by atoms with Gasteiger partial charge < -0.3 is 5.11 Å². The topological polar surface area (TPSA) is 112 Å². The maximum Gasteiger partial charge on any atom is 0.321 e. The number of benzene rings is 1. The molecule has 0 amide bonds. The van der Waals surface area contributed by atoms with E-state index in [9.17, 15) is 21.6 Å². The van der Waals surface area contributed by atoms with Crippen LogP contribution in [0.15, 0.2) is 34.1 Å². The van der Waals surface area contributed by atoms with Crippen molar-refractivity contribution >= 4 is 26.0 Å². The quantitative estimate of drug-likeness (QED) is 0.776. The number of carboxylic acids is 1. The average Bonchev–Trinajstić information content (AvgIpc) is 3.08. The van der Waals surface area contributed by atoms with Crippen LogP contribution in [0, 0.1) is 0 Å². The highest BCUT2D eigenvalue weighted by atomic mass is 32.2. The molecule has 1 aromatic carbocycles. The van der Waals surface area contributed by atoms with Crippen LogP contribution >= 0.6 is 0 Å². The molecule has 1 N–H and O–H groups in total. The molecule has 0 spiro atoms. The molecule has 1 heterocycles. The van der Waals surface area contributed by atoms with E-state index in [0.29, 0.717) is 13.1 Å². The maximum atomic E-state index is 12.4. The molecule has 1 aromatic rings. The van der Waals surface area contributed by atoms with Crippen LogP contribution in [0.5, 0.6) is 0 Å². The Morgan fingerprint density at radius 1 is 1.08 bits per heavy atom. The first-order valence-electron chi connectivity index (χ1n) is 7.39. The lowest BCUT2D eigenvalue weighted by Gasteiger charge is -2.21. The van der Waals surface area contributed by atoms with Gasteiger partial charge in [-0.3, -0.25) is 4.79 Å². The normalized spacial score (nSPS) is 18.0. The molecule has 0 saturated carbocycles. The lowest BCUT2D eigenvalue weighted by molar-refractivity contribution is -0.140. The highest BCUT2D eigenvalue weighted by Crippen LogP contribution is 2.23. The summed E-state index contributed by atoms with van der Waals surface area (Å²) in [7, 11) is -6.47. The summed E-state index contributed by atoms with van der Waals surface area (Å²) in [5.41, 5.74) is 0. The van der Waals surface area contributed by atoms with Gasteiger partial charge in [-0.25, -0.2) is 16.8 Å². The number of nitrogens with zero attached hydrogens (tertiary/aromatic N) is 2. The van der Waals surface area contributed by atoms with E-state index in [1.165, 1.54) is 42.5 Å². The third-order valence-electron chi connectivity index (χ3n) is 4.11. The van der Waals surface area contributed by atoms with E-state index >= 15 is 0 Å². The van der Waals surface area contributed by atoms with Crippen LogP contribution in [0.4, 0.5) is 0 Å². The molecule has 1 unspecified atom stereocenters. The van der Waals surface area contributed by atoms with E-state index in [0.717, 1.165) is 17.1 Å². The van der Waals surface area contributed by atoms with Gasteiger partial charge in [0.1, 0.15) is 6.04 Å². The summed E-state index contributed by atoms with van der Waals surface area (Å²) in [5, 5.41) is 8.94. The molecule has 24 heavy (non-hydrogen) atoms. The highest BCUT2D eigenvalue weighted by molar-refractivity contribution is 7.89. The second-order valence-corrected chi connectivity index (χ2v) is 9.55. The largest absolute Gasteiger partial charge is 0.480 e. The van der Waals surface area contributed by atoms with E-state index in [1.54, 1.807) is 0 Å². The molecule has 8 nitrogen and oxygen atoms in total. The average molecular weight is 376 g/mol. The van der Waals surface area contributed by atoms with Gasteiger partial charge in [-0.1, -0.05) is 0 Å². The van der Waals surface area contributed by atoms with Gasteiger partial charge in [0.05, 0.1) is 9.79 Å². The summed E-state index contributed by atoms with van der Waals surface area (Å²) in [6, 6.07) is 3.61. The summed E-state index contributed by atoms with van der Waals surface area (Å²) < 4.78 is 51.7. The van der Waals surface area contributed by atoms with E-state index in [-0.39, 0.29) is 9.79 Å². The standard InChI is InChI=1S/C14H20N2O6S2/c1-11(14(17)18)15(2)23(19,20)12-5-7-13(8-6-12)24(21,22)16-9-3-4-10-16/h5-8,11H,3-4,9-10H2,1-2H3,(H,17,18). The lowest BCUT2D eigenvalue weighted by Crippen LogP contribution is -2.40. The second kappa shape index (κ2) is 6.79. The number of carbonyl (C=O) groups is 1. The minimum absolute atomic E-state index is 0.0253. The summed E-state index contributed by atoms with van der Waals surface area (Å²) in [4.78, 5) is 10.8. The Kier molecular flexibility index (Phi) is 5.33. The second-order valence-electron chi connectivity index (χ2n) is 5.62.